The Kier molecular flexibility index (Phi) is 4.11. The Bertz CT molecular complexity index is 479. The number of rotatable bonds is 3. The quantitative estimate of drug-likeness (QED) is 0.871. The molecule has 1 aromatic rings. The summed E-state index contributed by atoms with van der Waals surface area (Å²) in [5, 5.41) is 11.8. The molecule has 3 atom stereocenters. The first-order valence-electron chi connectivity index (χ1n) is 6.04. The molecule has 0 bridgehead atoms. The van der Waals surface area contributed by atoms with E-state index in [9.17, 15) is 13.6 Å². The molecule has 1 aromatic carbocycles. The van der Waals surface area contributed by atoms with Crippen LogP contribution < -0.4 is 5.32 Å². The van der Waals surface area contributed by atoms with Crippen LogP contribution in [-0.4, -0.2) is 29.8 Å². The minimum atomic E-state index is -1.12. The molecule has 6 heteroatoms. The van der Waals surface area contributed by atoms with Gasteiger partial charge in [0, 0.05) is 6.61 Å². The predicted octanol–water partition coefficient (Wildman–Crippen LogP) is 1.29. The number of aliphatic hydroxyl groups is 1. The van der Waals surface area contributed by atoms with E-state index in [1.807, 2.05) is 0 Å². The summed E-state index contributed by atoms with van der Waals surface area (Å²) in [6, 6.07) is 3.16. The van der Waals surface area contributed by atoms with Gasteiger partial charge in [-0.3, -0.25) is 4.79 Å². The van der Waals surface area contributed by atoms with Crippen molar-refractivity contribution >= 4 is 5.91 Å². The number of hydrogen-bond acceptors (Lipinski definition) is 3. The van der Waals surface area contributed by atoms with E-state index in [2.05, 4.69) is 5.32 Å². The van der Waals surface area contributed by atoms with Gasteiger partial charge in [0.15, 0.2) is 11.6 Å². The first-order chi connectivity index (χ1) is 8.99. The van der Waals surface area contributed by atoms with Crippen LogP contribution in [0.2, 0.25) is 0 Å². The first-order valence-corrected chi connectivity index (χ1v) is 6.04. The summed E-state index contributed by atoms with van der Waals surface area (Å²) in [5.74, 6) is -2.39. The lowest BCUT2D eigenvalue weighted by molar-refractivity contribution is -0.129. The second-order valence-corrected chi connectivity index (χ2v) is 4.54. The summed E-state index contributed by atoms with van der Waals surface area (Å²) < 4.78 is 31.5. The Morgan fingerprint density at radius 1 is 1.47 bits per heavy atom. The second-order valence-electron chi connectivity index (χ2n) is 4.54. The molecule has 19 heavy (non-hydrogen) atoms. The molecule has 0 spiro atoms. The van der Waals surface area contributed by atoms with Gasteiger partial charge in [-0.05, 0) is 31.0 Å². The van der Waals surface area contributed by atoms with Gasteiger partial charge in [0.25, 0.3) is 0 Å². The molecule has 1 fully saturated rings. The normalized spacial score (nSPS) is 24.2. The van der Waals surface area contributed by atoms with Gasteiger partial charge in [-0.15, -0.1) is 0 Å². The second kappa shape index (κ2) is 5.63. The van der Waals surface area contributed by atoms with Crippen molar-refractivity contribution in [1.82, 2.24) is 5.32 Å². The summed E-state index contributed by atoms with van der Waals surface area (Å²) >= 11 is 0. The van der Waals surface area contributed by atoms with Crippen LogP contribution in [0.15, 0.2) is 18.2 Å². The van der Waals surface area contributed by atoms with Crippen LogP contribution in [0, 0.1) is 11.6 Å². The van der Waals surface area contributed by atoms with Gasteiger partial charge in [-0.2, -0.15) is 0 Å². The van der Waals surface area contributed by atoms with Crippen molar-refractivity contribution in [2.24, 2.45) is 0 Å². The van der Waals surface area contributed by atoms with Crippen LogP contribution >= 0.6 is 0 Å². The van der Waals surface area contributed by atoms with Gasteiger partial charge in [0.2, 0.25) is 5.91 Å². The standard InChI is InChI=1S/C13H15F2NO3/c1-7(17)13(18)16-11-4-5-19-12(11)8-2-3-9(14)10(15)6-8/h2-3,6-7,11-12,17H,4-5H2,1H3,(H,16,18). The maximum atomic E-state index is 13.2. The summed E-state index contributed by atoms with van der Waals surface area (Å²) in [5.41, 5.74) is 0.465. The summed E-state index contributed by atoms with van der Waals surface area (Å²) in [6.45, 7) is 1.77. The van der Waals surface area contributed by atoms with Gasteiger partial charge < -0.3 is 15.2 Å². The third-order valence-electron chi connectivity index (χ3n) is 3.07. The minimum absolute atomic E-state index is 0.355. The largest absolute Gasteiger partial charge is 0.384 e. The Balaban J connectivity index is 2.14. The monoisotopic (exact) mass is 271 g/mol. The Labute approximate surface area is 109 Å². The molecule has 2 N–H and O–H groups in total. The molecule has 1 saturated heterocycles. The molecule has 3 unspecified atom stereocenters. The fraction of sp³-hybridized carbons (Fsp3) is 0.462. The molecular weight excluding hydrogens is 256 g/mol. The van der Waals surface area contributed by atoms with Gasteiger partial charge >= 0.3 is 0 Å². The Morgan fingerprint density at radius 2 is 2.21 bits per heavy atom. The fourth-order valence-electron chi connectivity index (χ4n) is 2.06. The number of benzene rings is 1. The van der Waals surface area contributed by atoms with E-state index in [4.69, 9.17) is 9.84 Å². The summed E-state index contributed by atoms with van der Waals surface area (Å²) in [7, 11) is 0. The van der Waals surface area contributed by atoms with Crippen molar-refractivity contribution in [2.75, 3.05) is 6.61 Å². The van der Waals surface area contributed by atoms with Crippen molar-refractivity contribution in [3.8, 4) is 0 Å². The van der Waals surface area contributed by atoms with Crippen LogP contribution in [0.4, 0.5) is 8.78 Å². The minimum Gasteiger partial charge on any atom is -0.384 e. The molecule has 1 amide bonds. The van der Waals surface area contributed by atoms with Crippen molar-refractivity contribution < 1.29 is 23.4 Å². The van der Waals surface area contributed by atoms with E-state index in [1.54, 1.807) is 0 Å². The number of ether oxygens (including phenoxy) is 1. The number of aliphatic hydroxyl groups excluding tert-OH is 1. The lowest BCUT2D eigenvalue weighted by Gasteiger charge is -2.21. The molecular formula is C13H15F2NO3. The van der Waals surface area contributed by atoms with Gasteiger partial charge in [0.05, 0.1) is 6.04 Å². The van der Waals surface area contributed by atoms with Crippen LogP contribution in [0.5, 0.6) is 0 Å². The molecule has 0 aromatic heterocycles. The molecule has 1 aliphatic rings. The number of nitrogens with one attached hydrogen (secondary N) is 1. The SMILES string of the molecule is CC(O)C(=O)NC1CCOC1c1ccc(F)c(F)c1. The van der Waals surface area contributed by atoms with E-state index < -0.39 is 29.7 Å². The van der Waals surface area contributed by atoms with Crippen molar-refractivity contribution in [3.05, 3.63) is 35.4 Å². The lowest BCUT2D eigenvalue weighted by Crippen LogP contribution is -2.41. The van der Waals surface area contributed by atoms with E-state index in [0.29, 0.717) is 18.6 Å². The highest BCUT2D eigenvalue weighted by Crippen LogP contribution is 2.30. The smallest absolute Gasteiger partial charge is 0.248 e. The van der Waals surface area contributed by atoms with Crippen LogP contribution in [-0.2, 0) is 9.53 Å². The average Bonchev–Trinajstić information content (AvgIpc) is 2.80. The Hall–Kier alpha value is -1.53. The maximum Gasteiger partial charge on any atom is 0.248 e. The van der Waals surface area contributed by atoms with Gasteiger partial charge in [0.1, 0.15) is 12.2 Å². The van der Waals surface area contributed by atoms with Crippen molar-refractivity contribution in [2.45, 2.75) is 31.6 Å². The zero-order valence-electron chi connectivity index (χ0n) is 10.4. The highest BCUT2D eigenvalue weighted by atomic mass is 19.2. The maximum absolute atomic E-state index is 13.2. The molecule has 0 saturated carbocycles. The fourth-order valence-corrected chi connectivity index (χ4v) is 2.06. The molecule has 4 nitrogen and oxygen atoms in total. The zero-order chi connectivity index (χ0) is 14.0. The van der Waals surface area contributed by atoms with Gasteiger partial charge in [-0.25, -0.2) is 8.78 Å². The third kappa shape index (κ3) is 3.08. The number of halogens is 2. The first kappa shape index (κ1) is 13.9. The van der Waals surface area contributed by atoms with E-state index in [0.717, 1.165) is 12.1 Å². The van der Waals surface area contributed by atoms with Gasteiger partial charge in [-0.1, -0.05) is 6.07 Å². The molecule has 0 aliphatic carbocycles. The van der Waals surface area contributed by atoms with Crippen LogP contribution in [0.3, 0.4) is 0 Å². The number of amides is 1. The predicted molar refractivity (Wildman–Crippen MR) is 63.3 cm³/mol. The Morgan fingerprint density at radius 3 is 2.84 bits per heavy atom. The van der Waals surface area contributed by atoms with Crippen LogP contribution in [0.25, 0.3) is 0 Å². The topological polar surface area (TPSA) is 58.6 Å². The molecule has 1 heterocycles. The molecule has 1 aliphatic heterocycles. The van der Waals surface area contributed by atoms with Crippen molar-refractivity contribution in [3.63, 3.8) is 0 Å². The highest BCUT2D eigenvalue weighted by molar-refractivity contribution is 5.80. The van der Waals surface area contributed by atoms with E-state index >= 15 is 0 Å². The third-order valence-corrected chi connectivity index (χ3v) is 3.07. The number of carbonyl (C=O) groups excluding carboxylic acids is 1. The summed E-state index contributed by atoms with van der Waals surface area (Å²) in [4.78, 5) is 11.4. The van der Waals surface area contributed by atoms with Crippen molar-refractivity contribution in [1.29, 1.82) is 0 Å². The van der Waals surface area contributed by atoms with E-state index in [-0.39, 0.29) is 6.04 Å². The summed E-state index contributed by atoms with van der Waals surface area (Å²) in [6.07, 6.45) is -1.09. The van der Waals surface area contributed by atoms with Crippen LogP contribution in [0.1, 0.15) is 25.0 Å². The molecule has 104 valence electrons. The highest BCUT2D eigenvalue weighted by Gasteiger charge is 2.32. The lowest BCUT2D eigenvalue weighted by atomic mass is 10.0. The number of carbonyl (C=O) groups is 1. The average molecular weight is 271 g/mol. The number of hydrogen-bond donors (Lipinski definition) is 2. The van der Waals surface area contributed by atoms with E-state index in [1.165, 1.54) is 13.0 Å². The molecule has 2 rings (SSSR count). The molecule has 0 radical (unpaired) electrons. The zero-order valence-corrected chi connectivity index (χ0v) is 10.4.